The van der Waals surface area contributed by atoms with Crippen molar-refractivity contribution in [3.63, 3.8) is 0 Å². The van der Waals surface area contributed by atoms with Crippen molar-refractivity contribution in [2.75, 3.05) is 10.6 Å². The molecule has 0 aliphatic rings. The highest BCUT2D eigenvalue weighted by molar-refractivity contribution is 7.80. The number of alkyl halides is 2. The van der Waals surface area contributed by atoms with Gasteiger partial charge in [0, 0.05) is 11.4 Å². The molecule has 0 unspecified atom stereocenters. The topological polar surface area (TPSA) is 33.3 Å². The molecule has 0 amide bonds. The van der Waals surface area contributed by atoms with E-state index >= 15 is 0 Å². The van der Waals surface area contributed by atoms with E-state index in [0.717, 1.165) is 17.7 Å². The van der Waals surface area contributed by atoms with Gasteiger partial charge < -0.3 is 15.4 Å². The van der Waals surface area contributed by atoms with Crippen LogP contribution in [-0.2, 0) is 6.42 Å². The lowest BCUT2D eigenvalue weighted by Gasteiger charge is -2.14. The molecule has 0 aromatic heterocycles. The third-order valence-corrected chi connectivity index (χ3v) is 4.04. The average Bonchev–Trinajstić information content (AvgIpc) is 2.65. The first kappa shape index (κ1) is 18.8. The van der Waals surface area contributed by atoms with Crippen LogP contribution >= 0.6 is 12.2 Å². The molecule has 2 N–H and O–H groups in total. The highest BCUT2D eigenvalue weighted by Gasteiger charge is 2.07. The van der Waals surface area contributed by atoms with Gasteiger partial charge in [0.05, 0.1) is 0 Å². The Morgan fingerprint density at radius 2 is 1.52 bits per heavy atom. The van der Waals surface area contributed by atoms with Gasteiger partial charge >= 0.3 is 6.61 Å². The molecule has 3 aromatic rings. The fourth-order valence-electron chi connectivity index (χ4n) is 2.62. The van der Waals surface area contributed by atoms with Gasteiger partial charge in [0.25, 0.3) is 0 Å². The molecule has 0 aliphatic heterocycles. The minimum absolute atomic E-state index is 0.0997. The summed E-state index contributed by atoms with van der Waals surface area (Å²) in [7, 11) is 0. The quantitative estimate of drug-likeness (QED) is 0.535. The molecule has 0 atom stereocenters. The normalized spacial score (nSPS) is 10.5. The molecule has 0 radical (unpaired) electrons. The molecule has 138 valence electrons. The molecular weight excluding hydrogens is 366 g/mol. The van der Waals surface area contributed by atoms with E-state index in [2.05, 4.69) is 33.6 Å². The summed E-state index contributed by atoms with van der Waals surface area (Å²) in [6, 6.07) is 24.3. The number of hydrogen-bond donors (Lipinski definition) is 2. The Morgan fingerprint density at radius 3 is 2.22 bits per heavy atom. The van der Waals surface area contributed by atoms with Crippen LogP contribution in [0.1, 0.15) is 11.1 Å². The fraction of sp³-hybridized carbons (Fsp3) is 0.0952. The van der Waals surface area contributed by atoms with Crippen molar-refractivity contribution in [3.05, 3.63) is 90.0 Å². The van der Waals surface area contributed by atoms with Crippen molar-refractivity contribution >= 4 is 28.7 Å². The Hall–Kier alpha value is -2.99. The fourth-order valence-corrected chi connectivity index (χ4v) is 2.84. The molecule has 3 nitrogen and oxygen atoms in total. The van der Waals surface area contributed by atoms with Crippen LogP contribution in [0.2, 0.25) is 0 Å². The first-order valence-corrected chi connectivity index (χ1v) is 8.76. The number of benzene rings is 3. The van der Waals surface area contributed by atoms with Gasteiger partial charge in [0.2, 0.25) is 0 Å². The minimum Gasteiger partial charge on any atom is -0.435 e. The van der Waals surface area contributed by atoms with E-state index in [1.807, 2.05) is 36.4 Å². The Kier molecular flexibility index (Phi) is 6.33. The average molecular weight is 384 g/mol. The zero-order valence-electron chi connectivity index (χ0n) is 14.4. The van der Waals surface area contributed by atoms with E-state index < -0.39 is 6.61 Å². The molecule has 6 heteroatoms. The molecule has 0 heterocycles. The number of thiocarbonyl (C=S) groups is 1. The van der Waals surface area contributed by atoms with Gasteiger partial charge in [-0.25, -0.2) is 0 Å². The number of anilines is 2. The molecular formula is C21H18F2N2OS. The van der Waals surface area contributed by atoms with Gasteiger partial charge in [0.15, 0.2) is 5.11 Å². The zero-order chi connectivity index (χ0) is 19.1. The third-order valence-electron chi connectivity index (χ3n) is 3.84. The minimum atomic E-state index is -2.84. The standard InChI is InChI=1S/C21H18F2N2OS/c22-20(23)26-18-12-10-17(11-13-18)24-21(27)25-19-9-5-4-8-16(19)14-15-6-2-1-3-7-15/h1-13,20H,14H2,(H2,24,25,27). The van der Waals surface area contributed by atoms with E-state index in [-0.39, 0.29) is 5.75 Å². The molecule has 0 spiro atoms. The van der Waals surface area contributed by atoms with Gasteiger partial charge in [-0.1, -0.05) is 48.5 Å². The smallest absolute Gasteiger partial charge is 0.387 e. The third kappa shape index (κ3) is 5.76. The maximum absolute atomic E-state index is 12.2. The van der Waals surface area contributed by atoms with Crippen LogP contribution in [0.4, 0.5) is 20.2 Å². The predicted molar refractivity (Wildman–Crippen MR) is 109 cm³/mol. The zero-order valence-corrected chi connectivity index (χ0v) is 15.2. The summed E-state index contributed by atoms with van der Waals surface area (Å²) in [5, 5.41) is 6.65. The van der Waals surface area contributed by atoms with Gasteiger partial charge in [-0.3, -0.25) is 0 Å². The summed E-state index contributed by atoms with van der Waals surface area (Å²) in [4.78, 5) is 0. The second-order valence-corrected chi connectivity index (χ2v) is 6.21. The SMILES string of the molecule is FC(F)Oc1ccc(NC(=S)Nc2ccccc2Cc2ccccc2)cc1. The summed E-state index contributed by atoms with van der Waals surface area (Å²) in [6.07, 6.45) is 0.784. The molecule has 3 aromatic carbocycles. The van der Waals surface area contributed by atoms with Crippen molar-refractivity contribution in [2.45, 2.75) is 13.0 Å². The summed E-state index contributed by atoms with van der Waals surface area (Å²) < 4.78 is 28.7. The molecule has 0 aliphatic carbocycles. The maximum Gasteiger partial charge on any atom is 0.387 e. The molecule has 3 rings (SSSR count). The van der Waals surface area contributed by atoms with Crippen LogP contribution in [0.5, 0.6) is 5.75 Å². The second kappa shape index (κ2) is 9.09. The van der Waals surface area contributed by atoms with Crippen LogP contribution in [0, 0.1) is 0 Å². The van der Waals surface area contributed by atoms with E-state index in [9.17, 15) is 8.78 Å². The summed E-state index contributed by atoms with van der Waals surface area (Å²) in [6.45, 7) is -2.84. The number of halogens is 2. The van der Waals surface area contributed by atoms with Crippen LogP contribution in [0.25, 0.3) is 0 Å². The van der Waals surface area contributed by atoms with Gasteiger partial charge in [-0.05, 0) is 60.1 Å². The largest absolute Gasteiger partial charge is 0.435 e. The van der Waals surface area contributed by atoms with Crippen molar-refractivity contribution in [1.82, 2.24) is 0 Å². The van der Waals surface area contributed by atoms with Crippen LogP contribution in [-0.4, -0.2) is 11.7 Å². The number of ether oxygens (including phenoxy) is 1. The number of para-hydroxylation sites is 1. The first-order valence-electron chi connectivity index (χ1n) is 8.35. The lowest BCUT2D eigenvalue weighted by Crippen LogP contribution is -2.20. The van der Waals surface area contributed by atoms with E-state index in [0.29, 0.717) is 10.8 Å². The molecule has 0 fully saturated rings. The molecule has 0 saturated carbocycles. The monoisotopic (exact) mass is 384 g/mol. The molecule has 0 saturated heterocycles. The highest BCUT2D eigenvalue weighted by atomic mass is 32.1. The summed E-state index contributed by atoms with van der Waals surface area (Å²) >= 11 is 5.37. The van der Waals surface area contributed by atoms with E-state index in [1.54, 1.807) is 12.1 Å². The molecule has 27 heavy (non-hydrogen) atoms. The van der Waals surface area contributed by atoms with Crippen LogP contribution in [0.3, 0.4) is 0 Å². The van der Waals surface area contributed by atoms with Gasteiger partial charge in [-0.15, -0.1) is 0 Å². The first-order chi connectivity index (χ1) is 13.1. The lowest BCUT2D eigenvalue weighted by atomic mass is 10.0. The number of hydrogen-bond acceptors (Lipinski definition) is 2. The molecule has 0 bridgehead atoms. The Labute approximate surface area is 162 Å². The summed E-state index contributed by atoms with van der Waals surface area (Å²) in [5.41, 5.74) is 3.92. The number of rotatable bonds is 6. The van der Waals surface area contributed by atoms with Crippen LogP contribution < -0.4 is 15.4 Å². The highest BCUT2D eigenvalue weighted by Crippen LogP contribution is 2.21. The summed E-state index contributed by atoms with van der Waals surface area (Å²) in [5.74, 6) is 0.0997. The second-order valence-electron chi connectivity index (χ2n) is 5.80. The predicted octanol–water partition coefficient (Wildman–Crippen LogP) is 5.69. The van der Waals surface area contributed by atoms with Crippen molar-refractivity contribution in [3.8, 4) is 5.75 Å². The van der Waals surface area contributed by atoms with Gasteiger partial charge in [0.1, 0.15) is 5.75 Å². The Balaban J connectivity index is 1.64. The Morgan fingerprint density at radius 1 is 0.852 bits per heavy atom. The Bertz CT molecular complexity index is 886. The van der Waals surface area contributed by atoms with Gasteiger partial charge in [-0.2, -0.15) is 8.78 Å². The van der Waals surface area contributed by atoms with Crippen molar-refractivity contribution < 1.29 is 13.5 Å². The lowest BCUT2D eigenvalue weighted by molar-refractivity contribution is -0.0498. The van der Waals surface area contributed by atoms with Crippen molar-refractivity contribution in [2.24, 2.45) is 0 Å². The van der Waals surface area contributed by atoms with Crippen LogP contribution in [0.15, 0.2) is 78.9 Å². The number of nitrogens with one attached hydrogen (secondary N) is 2. The van der Waals surface area contributed by atoms with Crippen molar-refractivity contribution in [1.29, 1.82) is 0 Å². The maximum atomic E-state index is 12.2. The van der Waals surface area contributed by atoms with E-state index in [1.165, 1.54) is 17.7 Å². The van der Waals surface area contributed by atoms with E-state index in [4.69, 9.17) is 12.2 Å².